The minimum atomic E-state index is -1.10. The molecule has 1 amide bonds. The van der Waals surface area contributed by atoms with Gasteiger partial charge in [-0.1, -0.05) is 74.7 Å². The minimum absolute atomic E-state index is 0. The predicted molar refractivity (Wildman–Crippen MR) is 150 cm³/mol. The number of thiocarbonyl (C=S) groups is 1. The second kappa shape index (κ2) is 15.3. The van der Waals surface area contributed by atoms with Crippen LogP contribution in [0.25, 0.3) is 11.1 Å². The summed E-state index contributed by atoms with van der Waals surface area (Å²) in [6.45, 7) is 3.86. The third-order valence-corrected chi connectivity index (χ3v) is 7.35. The molecule has 0 aromatic heterocycles. The molecule has 37 heavy (non-hydrogen) atoms. The SMILES string of the molecule is Cc1ccccc1-c1cc(CN(C)CCC2CCCCC2)ccc1C(=O)N[C@@H](CCC(N)=S)C(=O)O.[H-].[Li+]. The van der Waals surface area contributed by atoms with Gasteiger partial charge in [0.2, 0.25) is 0 Å². The maximum atomic E-state index is 13.3. The van der Waals surface area contributed by atoms with Gasteiger partial charge in [-0.2, -0.15) is 0 Å². The molecule has 0 aliphatic heterocycles. The molecule has 196 valence electrons. The largest absolute Gasteiger partial charge is 1.00 e. The van der Waals surface area contributed by atoms with Crippen LogP contribution in [0.3, 0.4) is 0 Å². The molecule has 8 heteroatoms. The van der Waals surface area contributed by atoms with Gasteiger partial charge in [-0.25, -0.2) is 4.79 Å². The van der Waals surface area contributed by atoms with Crippen molar-refractivity contribution in [2.75, 3.05) is 13.6 Å². The van der Waals surface area contributed by atoms with Gasteiger partial charge in [0.15, 0.2) is 0 Å². The molecule has 0 bridgehead atoms. The molecule has 1 atom stereocenters. The Labute approximate surface area is 240 Å². The van der Waals surface area contributed by atoms with Crippen molar-refractivity contribution in [3.63, 3.8) is 0 Å². The molecule has 0 spiro atoms. The molecule has 4 N–H and O–H groups in total. The molecule has 0 saturated heterocycles. The molecule has 2 aromatic rings. The van der Waals surface area contributed by atoms with Crippen LogP contribution in [0.1, 0.15) is 74.3 Å². The molecule has 6 nitrogen and oxygen atoms in total. The van der Waals surface area contributed by atoms with Crippen molar-refractivity contribution in [2.45, 2.75) is 70.9 Å². The Morgan fingerprint density at radius 3 is 2.51 bits per heavy atom. The van der Waals surface area contributed by atoms with Crippen LogP contribution in [-0.4, -0.2) is 46.5 Å². The van der Waals surface area contributed by atoms with Crippen LogP contribution >= 0.6 is 12.2 Å². The summed E-state index contributed by atoms with van der Waals surface area (Å²) >= 11 is 4.88. The van der Waals surface area contributed by atoms with Crippen molar-refractivity contribution in [1.82, 2.24) is 10.2 Å². The number of nitrogens with one attached hydrogen (secondary N) is 1. The zero-order chi connectivity index (χ0) is 26.1. The number of carbonyl (C=O) groups excluding carboxylic acids is 1. The maximum absolute atomic E-state index is 13.3. The summed E-state index contributed by atoms with van der Waals surface area (Å²) in [4.78, 5) is 27.6. The minimum Gasteiger partial charge on any atom is -1.00 e. The third-order valence-electron chi connectivity index (χ3n) is 7.14. The number of benzene rings is 2. The van der Waals surface area contributed by atoms with Crippen molar-refractivity contribution < 1.29 is 35.0 Å². The summed E-state index contributed by atoms with van der Waals surface area (Å²) in [5, 5.41) is 12.3. The first-order valence-electron chi connectivity index (χ1n) is 12.9. The number of nitrogens with two attached hydrogens (primary N) is 1. The molecule has 3 rings (SSSR count). The van der Waals surface area contributed by atoms with E-state index >= 15 is 0 Å². The van der Waals surface area contributed by atoms with Crippen LogP contribution in [0.5, 0.6) is 0 Å². The number of aliphatic carboxylic acids is 1. The summed E-state index contributed by atoms with van der Waals surface area (Å²) < 4.78 is 0. The monoisotopic (exact) mass is 517 g/mol. The predicted octanol–water partition coefficient (Wildman–Crippen LogP) is 2.43. The molecule has 1 aliphatic carbocycles. The molecular weight excluding hydrogens is 477 g/mol. The number of carboxylic acids is 1. The number of aryl methyl sites for hydroxylation is 1. The number of hydrogen-bond donors (Lipinski definition) is 3. The van der Waals surface area contributed by atoms with Crippen LogP contribution in [0, 0.1) is 12.8 Å². The molecule has 0 radical (unpaired) electrons. The normalized spacial score (nSPS) is 14.6. The van der Waals surface area contributed by atoms with E-state index in [2.05, 4.69) is 23.3 Å². The first-order valence-corrected chi connectivity index (χ1v) is 13.3. The van der Waals surface area contributed by atoms with Crippen molar-refractivity contribution in [3.05, 3.63) is 59.2 Å². The van der Waals surface area contributed by atoms with E-state index in [9.17, 15) is 14.7 Å². The van der Waals surface area contributed by atoms with E-state index < -0.39 is 17.9 Å². The summed E-state index contributed by atoms with van der Waals surface area (Å²) in [5.74, 6) is -0.681. The zero-order valence-electron chi connectivity index (χ0n) is 23.5. The van der Waals surface area contributed by atoms with Crippen molar-refractivity contribution in [3.8, 4) is 11.1 Å². The van der Waals surface area contributed by atoms with Gasteiger partial charge in [-0.3, -0.25) is 4.79 Å². The first kappa shape index (κ1) is 31.0. The molecule has 2 aromatic carbocycles. The standard InChI is InChI=1S/C29H39N3O3S.Li.H/c1-20-8-6-7-11-23(20)25-18-22(19-32(2)17-16-21-9-4-3-5-10-21)12-13-24(25)28(33)31-26(29(34)35)14-15-27(30)36;;/h6-8,11-13,18,21,26H,3-5,9-10,14-17,19H2,1-2H3,(H2,30,36)(H,31,33)(H,34,35);;/q;+1;-1/t26-;;/m0../s1. The Kier molecular flexibility index (Phi) is 12.8. The van der Waals surface area contributed by atoms with Gasteiger partial charge in [0, 0.05) is 18.5 Å². The quantitative estimate of drug-likeness (QED) is 0.296. The van der Waals surface area contributed by atoms with E-state index in [1.54, 1.807) is 0 Å². The fraction of sp³-hybridized carbons (Fsp3) is 0.483. The van der Waals surface area contributed by atoms with Gasteiger partial charge >= 0.3 is 24.8 Å². The van der Waals surface area contributed by atoms with Crippen molar-refractivity contribution in [2.24, 2.45) is 11.7 Å². The third kappa shape index (κ3) is 9.57. The molecule has 1 fully saturated rings. The Morgan fingerprint density at radius 1 is 1.16 bits per heavy atom. The van der Waals surface area contributed by atoms with E-state index in [-0.39, 0.29) is 38.1 Å². The second-order valence-electron chi connectivity index (χ2n) is 10.1. The number of nitrogens with zero attached hydrogens (tertiary/aromatic N) is 1. The topological polar surface area (TPSA) is 95.7 Å². The van der Waals surface area contributed by atoms with Crippen molar-refractivity contribution in [1.29, 1.82) is 0 Å². The van der Waals surface area contributed by atoms with Gasteiger partial charge in [-0.05, 0) is 73.7 Å². The summed E-state index contributed by atoms with van der Waals surface area (Å²) in [6, 6.07) is 12.7. The summed E-state index contributed by atoms with van der Waals surface area (Å²) in [5.41, 5.74) is 9.95. The molecule has 1 saturated carbocycles. The van der Waals surface area contributed by atoms with Crippen LogP contribution in [0.4, 0.5) is 0 Å². The summed E-state index contributed by atoms with van der Waals surface area (Å²) in [7, 11) is 2.15. The van der Waals surface area contributed by atoms with Gasteiger partial charge in [0.25, 0.3) is 5.91 Å². The van der Waals surface area contributed by atoms with E-state index in [1.807, 2.05) is 43.3 Å². The maximum Gasteiger partial charge on any atom is 1.00 e. The smallest absolute Gasteiger partial charge is 1.00 e. The van der Waals surface area contributed by atoms with E-state index in [4.69, 9.17) is 18.0 Å². The number of amides is 1. The Hall–Kier alpha value is -2.17. The van der Waals surface area contributed by atoms with E-state index in [0.717, 1.165) is 41.3 Å². The number of rotatable bonds is 12. The Balaban J connectivity index is 0.00000361. The van der Waals surface area contributed by atoms with Gasteiger partial charge in [0.1, 0.15) is 6.04 Å². The fourth-order valence-electron chi connectivity index (χ4n) is 5.04. The molecule has 0 heterocycles. The molecular formula is C29H40LiN3O3S. The number of hydrogen-bond acceptors (Lipinski definition) is 4. The van der Waals surface area contributed by atoms with Gasteiger partial charge < -0.3 is 22.5 Å². The zero-order valence-corrected chi connectivity index (χ0v) is 23.3. The second-order valence-corrected chi connectivity index (χ2v) is 10.6. The van der Waals surface area contributed by atoms with Gasteiger partial charge in [0.05, 0.1) is 4.99 Å². The van der Waals surface area contributed by atoms with Crippen LogP contribution < -0.4 is 29.9 Å². The average Bonchev–Trinajstić information content (AvgIpc) is 2.85. The number of carboxylic acid groups (broad SMARTS) is 1. The van der Waals surface area contributed by atoms with Gasteiger partial charge in [-0.15, -0.1) is 0 Å². The summed E-state index contributed by atoms with van der Waals surface area (Å²) in [6.07, 6.45) is 8.43. The number of carbonyl (C=O) groups is 2. The molecule has 0 unspecified atom stereocenters. The molecule has 1 aliphatic rings. The van der Waals surface area contributed by atoms with E-state index in [0.29, 0.717) is 5.56 Å². The Morgan fingerprint density at radius 2 is 1.86 bits per heavy atom. The first-order chi connectivity index (χ1) is 17.2. The average molecular weight is 518 g/mol. The van der Waals surface area contributed by atoms with Crippen LogP contribution in [-0.2, 0) is 11.3 Å². The van der Waals surface area contributed by atoms with Crippen molar-refractivity contribution >= 4 is 29.1 Å². The van der Waals surface area contributed by atoms with Crippen LogP contribution in [0.2, 0.25) is 0 Å². The fourth-order valence-corrected chi connectivity index (χ4v) is 5.15. The Bertz CT molecular complexity index is 1080. The van der Waals surface area contributed by atoms with E-state index in [1.165, 1.54) is 38.5 Å². The van der Waals surface area contributed by atoms with Crippen LogP contribution in [0.15, 0.2) is 42.5 Å².